The number of rotatable bonds is 3. The molecular weight excluding hydrogens is 328 g/mol. The molecule has 1 N–H and O–H groups in total. The van der Waals surface area contributed by atoms with Gasteiger partial charge in [0.25, 0.3) is 5.56 Å². The van der Waals surface area contributed by atoms with Crippen LogP contribution in [0.2, 0.25) is 0 Å². The smallest absolute Gasteiger partial charge is 0.308 e. The van der Waals surface area contributed by atoms with Gasteiger partial charge in [0.2, 0.25) is 5.91 Å². The molecule has 1 aromatic rings. The maximum Gasteiger partial charge on any atom is 0.308 e. The molecule has 1 amide bonds. The Morgan fingerprint density at radius 2 is 2.15 bits per heavy atom. The van der Waals surface area contributed by atoms with Crippen LogP contribution in [0, 0.1) is 5.92 Å². The van der Waals surface area contributed by atoms with Crippen LogP contribution in [0.3, 0.4) is 0 Å². The van der Waals surface area contributed by atoms with Gasteiger partial charge in [0.1, 0.15) is 6.54 Å². The van der Waals surface area contributed by atoms with E-state index in [0.717, 1.165) is 0 Å². The third-order valence-corrected chi connectivity index (χ3v) is 3.85. The Morgan fingerprint density at radius 3 is 2.85 bits per heavy atom. The number of nitrogens with zero attached hydrogens (tertiary/aromatic N) is 2. The minimum Gasteiger partial charge on any atom is -0.481 e. The number of likely N-dealkylation sites (tertiary alicyclic amines) is 1. The van der Waals surface area contributed by atoms with Crippen molar-refractivity contribution in [3.8, 4) is 0 Å². The van der Waals surface area contributed by atoms with E-state index in [9.17, 15) is 14.4 Å². The fourth-order valence-corrected chi connectivity index (χ4v) is 2.66. The lowest BCUT2D eigenvalue weighted by Gasteiger charge is -2.30. The summed E-state index contributed by atoms with van der Waals surface area (Å²) in [6.07, 6.45) is 2.82. The van der Waals surface area contributed by atoms with Crippen molar-refractivity contribution in [1.29, 1.82) is 0 Å². The zero-order chi connectivity index (χ0) is 14.7. The summed E-state index contributed by atoms with van der Waals surface area (Å²) in [5, 5.41) is 9.01. The zero-order valence-corrected chi connectivity index (χ0v) is 12.4. The van der Waals surface area contributed by atoms with Gasteiger partial charge in [-0.2, -0.15) is 0 Å². The topological polar surface area (TPSA) is 79.6 Å². The maximum absolute atomic E-state index is 12.2. The number of hydrogen-bond acceptors (Lipinski definition) is 3. The minimum atomic E-state index is -0.873. The van der Waals surface area contributed by atoms with E-state index >= 15 is 0 Å². The van der Waals surface area contributed by atoms with Crippen molar-refractivity contribution >= 4 is 27.8 Å². The summed E-state index contributed by atoms with van der Waals surface area (Å²) < 4.78 is 2.03. The normalized spacial score (nSPS) is 18.9. The van der Waals surface area contributed by atoms with E-state index in [0.29, 0.717) is 23.9 Å². The highest BCUT2D eigenvalue weighted by molar-refractivity contribution is 9.10. The highest BCUT2D eigenvalue weighted by Gasteiger charge is 2.28. The molecule has 1 aromatic heterocycles. The van der Waals surface area contributed by atoms with Crippen molar-refractivity contribution in [2.75, 3.05) is 13.1 Å². The molecule has 1 atom stereocenters. The summed E-state index contributed by atoms with van der Waals surface area (Å²) in [5.74, 6) is -1.61. The van der Waals surface area contributed by atoms with Gasteiger partial charge in [0, 0.05) is 29.8 Å². The molecule has 1 aliphatic heterocycles. The monoisotopic (exact) mass is 342 g/mol. The second-order valence-corrected chi connectivity index (χ2v) is 5.75. The Hall–Kier alpha value is -1.63. The summed E-state index contributed by atoms with van der Waals surface area (Å²) in [7, 11) is 0. The van der Waals surface area contributed by atoms with Crippen molar-refractivity contribution in [1.82, 2.24) is 9.47 Å². The van der Waals surface area contributed by atoms with E-state index in [1.807, 2.05) is 0 Å². The zero-order valence-electron chi connectivity index (χ0n) is 10.8. The first-order valence-electron chi connectivity index (χ1n) is 6.34. The number of amides is 1. The summed E-state index contributed by atoms with van der Waals surface area (Å²) in [5.41, 5.74) is -0.256. The van der Waals surface area contributed by atoms with E-state index < -0.39 is 11.9 Å². The molecule has 0 saturated carbocycles. The largest absolute Gasteiger partial charge is 0.481 e. The first-order chi connectivity index (χ1) is 9.47. The number of halogens is 1. The Labute approximate surface area is 124 Å². The van der Waals surface area contributed by atoms with Gasteiger partial charge in [-0.1, -0.05) is 0 Å². The lowest BCUT2D eigenvalue weighted by Crippen LogP contribution is -2.44. The molecule has 0 aliphatic carbocycles. The highest BCUT2D eigenvalue weighted by Crippen LogP contribution is 2.17. The second-order valence-electron chi connectivity index (χ2n) is 4.83. The van der Waals surface area contributed by atoms with Crippen molar-refractivity contribution in [2.45, 2.75) is 19.4 Å². The van der Waals surface area contributed by atoms with Gasteiger partial charge >= 0.3 is 5.97 Å². The van der Waals surface area contributed by atoms with Crippen LogP contribution in [0.5, 0.6) is 0 Å². The van der Waals surface area contributed by atoms with Crippen LogP contribution in [-0.2, 0) is 16.1 Å². The van der Waals surface area contributed by atoms with Gasteiger partial charge in [-0.3, -0.25) is 14.4 Å². The number of hydrogen-bond donors (Lipinski definition) is 1. The van der Waals surface area contributed by atoms with Gasteiger partial charge in [-0.15, -0.1) is 0 Å². The molecule has 108 valence electrons. The van der Waals surface area contributed by atoms with Crippen LogP contribution in [0.4, 0.5) is 0 Å². The van der Waals surface area contributed by atoms with E-state index in [1.54, 1.807) is 12.3 Å². The number of carboxylic acids is 1. The molecule has 1 saturated heterocycles. The molecule has 0 radical (unpaired) electrons. The lowest BCUT2D eigenvalue weighted by atomic mass is 9.98. The summed E-state index contributed by atoms with van der Waals surface area (Å²) in [6.45, 7) is 0.701. The third kappa shape index (κ3) is 3.47. The quantitative estimate of drug-likeness (QED) is 0.886. The van der Waals surface area contributed by atoms with Gasteiger partial charge < -0.3 is 14.6 Å². The molecule has 20 heavy (non-hydrogen) atoms. The van der Waals surface area contributed by atoms with Crippen LogP contribution in [0.15, 0.2) is 27.6 Å². The number of pyridine rings is 1. The summed E-state index contributed by atoms with van der Waals surface area (Å²) in [6, 6.07) is 3.00. The van der Waals surface area contributed by atoms with Gasteiger partial charge in [-0.05, 0) is 34.8 Å². The molecule has 1 unspecified atom stereocenters. The van der Waals surface area contributed by atoms with E-state index in [2.05, 4.69) is 15.9 Å². The Kier molecular flexibility index (Phi) is 4.59. The first-order valence-corrected chi connectivity index (χ1v) is 7.13. The van der Waals surface area contributed by atoms with Crippen molar-refractivity contribution in [3.05, 3.63) is 33.2 Å². The van der Waals surface area contributed by atoms with Crippen molar-refractivity contribution in [3.63, 3.8) is 0 Å². The Morgan fingerprint density at radius 1 is 1.40 bits per heavy atom. The molecule has 2 rings (SSSR count). The van der Waals surface area contributed by atoms with Crippen LogP contribution >= 0.6 is 15.9 Å². The molecular formula is C13H15BrN2O4. The van der Waals surface area contributed by atoms with Crippen LogP contribution in [0.1, 0.15) is 12.8 Å². The minimum absolute atomic E-state index is 0.0649. The fourth-order valence-electron chi connectivity index (χ4n) is 2.28. The number of aromatic nitrogens is 1. The standard InChI is InChI=1S/C13H15BrN2O4/c14-10-3-4-11(17)16(7-10)8-12(18)15-5-1-2-9(6-15)13(19)20/h3-4,7,9H,1-2,5-6,8H2,(H,19,20). The number of piperidine rings is 1. The molecule has 1 fully saturated rings. The van der Waals surface area contributed by atoms with E-state index in [1.165, 1.54) is 15.5 Å². The summed E-state index contributed by atoms with van der Waals surface area (Å²) >= 11 is 3.25. The number of carbonyl (C=O) groups is 2. The Balaban J connectivity index is 2.06. The number of aliphatic carboxylic acids is 1. The van der Waals surface area contributed by atoms with Gasteiger partial charge in [-0.25, -0.2) is 0 Å². The summed E-state index contributed by atoms with van der Waals surface area (Å²) in [4.78, 5) is 36.3. The number of carboxylic acid groups (broad SMARTS) is 1. The first kappa shape index (κ1) is 14.8. The SMILES string of the molecule is O=C(O)C1CCCN(C(=O)Cn2cc(Br)ccc2=O)C1. The van der Waals surface area contributed by atoms with Gasteiger partial charge in [0.15, 0.2) is 0 Å². The average Bonchev–Trinajstić information content (AvgIpc) is 2.43. The Bertz CT molecular complexity index is 584. The van der Waals surface area contributed by atoms with Crippen LogP contribution in [0.25, 0.3) is 0 Å². The molecule has 0 spiro atoms. The molecule has 0 aromatic carbocycles. The average molecular weight is 343 g/mol. The maximum atomic E-state index is 12.2. The fraction of sp³-hybridized carbons (Fsp3) is 0.462. The van der Waals surface area contributed by atoms with E-state index in [-0.39, 0.29) is 24.6 Å². The highest BCUT2D eigenvalue weighted by atomic mass is 79.9. The third-order valence-electron chi connectivity index (χ3n) is 3.38. The molecule has 1 aliphatic rings. The van der Waals surface area contributed by atoms with Crippen LogP contribution in [-0.4, -0.2) is 39.5 Å². The lowest BCUT2D eigenvalue weighted by molar-refractivity contribution is -0.145. The van der Waals surface area contributed by atoms with Gasteiger partial charge in [0.05, 0.1) is 5.92 Å². The number of carbonyl (C=O) groups excluding carboxylic acids is 1. The molecule has 2 heterocycles. The van der Waals surface area contributed by atoms with E-state index in [4.69, 9.17) is 5.11 Å². The molecule has 0 bridgehead atoms. The predicted molar refractivity (Wildman–Crippen MR) is 75.3 cm³/mol. The molecule has 7 heteroatoms. The van der Waals surface area contributed by atoms with Crippen LogP contribution < -0.4 is 5.56 Å². The second kappa shape index (κ2) is 6.21. The predicted octanol–water partition coefficient (Wildman–Crippen LogP) is 0.934. The molecule has 6 nitrogen and oxygen atoms in total. The van der Waals surface area contributed by atoms with Crippen molar-refractivity contribution < 1.29 is 14.7 Å². The van der Waals surface area contributed by atoms with Crippen molar-refractivity contribution in [2.24, 2.45) is 5.92 Å².